The largest absolute Gasteiger partial charge is 0.467 e. The summed E-state index contributed by atoms with van der Waals surface area (Å²) in [7, 11) is 1.31. The van der Waals surface area contributed by atoms with Crippen molar-refractivity contribution in [1.29, 1.82) is 0 Å². The van der Waals surface area contributed by atoms with E-state index in [9.17, 15) is 14.4 Å². The van der Waals surface area contributed by atoms with Gasteiger partial charge in [0, 0.05) is 6.54 Å². The first kappa shape index (κ1) is 22.4. The van der Waals surface area contributed by atoms with Crippen molar-refractivity contribution < 1.29 is 23.9 Å². The molecule has 0 spiro atoms. The summed E-state index contributed by atoms with van der Waals surface area (Å²) in [6.07, 6.45) is 0.450. The highest BCUT2D eigenvalue weighted by atomic mass is 16.5. The van der Waals surface area contributed by atoms with Gasteiger partial charge in [-0.15, -0.1) is 0 Å². The molecule has 6 heteroatoms. The third kappa shape index (κ3) is 6.89. The van der Waals surface area contributed by atoms with Crippen LogP contribution in [0, 0.1) is 10.8 Å². The van der Waals surface area contributed by atoms with Crippen LogP contribution in [-0.4, -0.2) is 49.0 Å². The second kappa shape index (κ2) is 9.04. The minimum absolute atomic E-state index is 0.193. The van der Waals surface area contributed by atoms with E-state index >= 15 is 0 Å². The Morgan fingerprint density at radius 2 is 1.58 bits per heavy atom. The number of esters is 2. The quantitative estimate of drug-likeness (QED) is 0.500. The molecular weight excluding hydrogens is 310 g/mol. The van der Waals surface area contributed by atoms with Gasteiger partial charge in [-0.1, -0.05) is 41.5 Å². The van der Waals surface area contributed by atoms with Crippen molar-refractivity contribution in [3.05, 3.63) is 0 Å². The number of methoxy groups -OCH3 is 1. The van der Waals surface area contributed by atoms with E-state index in [1.165, 1.54) is 12.0 Å². The van der Waals surface area contributed by atoms with E-state index in [-0.39, 0.29) is 18.4 Å². The number of rotatable bonds is 8. The van der Waals surface area contributed by atoms with Crippen LogP contribution in [0.5, 0.6) is 0 Å². The zero-order valence-corrected chi connectivity index (χ0v) is 16.4. The molecule has 0 aliphatic heterocycles. The van der Waals surface area contributed by atoms with Gasteiger partial charge in [-0.25, -0.2) is 4.79 Å². The monoisotopic (exact) mass is 343 g/mol. The maximum atomic E-state index is 12.7. The minimum Gasteiger partial charge on any atom is -0.467 e. The van der Waals surface area contributed by atoms with Gasteiger partial charge in [-0.2, -0.15) is 0 Å². The molecule has 0 N–H and O–H groups in total. The van der Waals surface area contributed by atoms with Crippen molar-refractivity contribution in [2.24, 2.45) is 10.8 Å². The van der Waals surface area contributed by atoms with Crippen molar-refractivity contribution in [1.82, 2.24) is 4.90 Å². The smallest absolute Gasteiger partial charge is 0.329 e. The van der Waals surface area contributed by atoms with Gasteiger partial charge in [0.2, 0.25) is 5.91 Å². The average molecular weight is 343 g/mol. The highest BCUT2D eigenvalue weighted by Gasteiger charge is 2.42. The summed E-state index contributed by atoms with van der Waals surface area (Å²) in [4.78, 5) is 38.3. The number of carbonyl (C=O) groups excluding carboxylic acids is 3. The summed E-state index contributed by atoms with van der Waals surface area (Å²) >= 11 is 0. The number of amides is 1. The van der Waals surface area contributed by atoms with Crippen LogP contribution in [0.1, 0.15) is 61.3 Å². The normalized spacial score (nSPS) is 13.2. The number of hydrogen-bond acceptors (Lipinski definition) is 5. The Labute approximate surface area is 145 Å². The number of nitrogens with zero attached hydrogens (tertiary/aromatic N) is 1. The Hall–Kier alpha value is -1.59. The van der Waals surface area contributed by atoms with Crippen LogP contribution in [0.15, 0.2) is 0 Å². The summed E-state index contributed by atoms with van der Waals surface area (Å²) in [5, 5.41) is 0. The van der Waals surface area contributed by atoms with Crippen molar-refractivity contribution in [3.63, 3.8) is 0 Å². The topological polar surface area (TPSA) is 72.9 Å². The van der Waals surface area contributed by atoms with E-state index in [0.29, 0.717) is 6.54 Å². The Balaban J connectivity index is 5.70. The lowest BCUT2D eigenvalue weighted by Gasteiger charge is -2.41. The molecule has 0 aromatic rings. The molecule has 140 valence electrons. The first-order chi connectivity index (χ1) is 10.9. The van der Waals surface area contributed by atoms with Crippen molar-refractivity contribution in [2.45, 2.75) is 67.3 Å². The van der Waals surface area contributed by atoms with Crippen molar-refractivity contribution in [2.75, 3.05) is 20.3 Å². The molecule has 0 radical (unpaired) electrons. The molecule has 0 bridgehead atoms. The van der Waals surface area contributed by atoms with Crippen LogP contribution in [0.2, 0.25) is 0 Å². The highest BCUT2D eigenvalue weighted by Crippen LogP contribution is 2.30. The zero-order chi connectivity index (χ0) is 19.1. The first-order valence-corrected chi connectivity index (χ1v) is 8.42. The summed E-state index contributed by atoms with van der Waals surface area (Å²) < 4.78 is 9.79. The zero-order valence-electron chi connectivity index (χ0n) is 16.4. The lowest BCUT2D eigenvalue weighted by molar-refractivity contribution is -0.162. The molecule has 0 aromatic heterocycles. The van der Waals surface area contributed by atoms with Gasteiger partial charge in [-0.05, 0) is 24.2 Å². The van der Waals surface area contributed by atoms with Gasteiger partial charge in [0.15, 0.2) is 0 Å². The summed E-state index contributed by atoms with van der Waals surface area (Å²) in [6, 6.07) is -0.768. The molecule has 1 atom stereocenters. The first-order valence-electron chi connectivity index (χ1n) is 8.42. The molecule has 1 unspecified atom stereocenters. The van der Waals surface area contributed by atoms with E-state index in [1.807, 2.05) is 41.5 Å². The van der Waals surface area contributed by atoms with Crippen LogP contribution in [-0.2, 0) is 23.9 Å². The molecule has 0 rings (SSSR count). The second-order valence-electron chi connectivity index (χ2n) is 7.81. The Bertz CT molecular complexity index is 451. The molecule has 1 amide bonds. The van der Waals surface area contributed by atoms with Crippen molar-refractivity contribution >= 4 is 17.8 Å². The lowest BCUT2D eigenvalue weighted by Crippen LogP contribution is -2.55. The van der Waals surface area contributed by atoms with Crippen LogP contribution in [0.4, 0.5) is 0 Å². The molecule has 0 heterocycles. The molecular formula is C18H33NO5. The van der Waals surface area contributed by atoms with E-state index in [0.717, 1.165) is 6.42 Å². The van der Waals surface area contributed by atoms with Crippen LogP contribution < -0.4 is 0 Å². The van der Waals surface area contributed by atoms with E-state index in [1.54, 1.807) is 6.92 Å². The standard InChI is InChI=1S/C18H33NO5/c1-9-18(6,7)12-19(13(20)11-14(21)24-10-2)15(16(22)23-8)17(3,4)5/h15H,9-12H2,1-8H3. The highest BCUT2D eigenvalue weighted by molar-refractivity contribution is 5.96. The second-order valence-corrected chi connectivity index (χ2v) is 7.81. The number of ether oxygens (including phenoxy) is 2. The maximum absolute atomic E-state index is 12.7. The fraction of sp³-hybridized carbons (Fsp3) is 0.833. The lowest BCUT2D eigenvalue weighted by atomic mass is 9.82. The Morgan fingerprint density at radius 3 is 1.96 bits per heavy atom. The Morgan fingerprint density at radius 1 is 1.04 bits per heavy atom. The maximum Gasteiger partial charge on any atom is 0.329 e. The van der Waals surface area contributed by atoms with Crippen molar-refractivity contribution in [3.8, 4) is 0 Å². The molecule has 0 fully saturated rings. The van der Waals surface area contributed by atoms with Crippen LogP contribution in [0.3, 0.4) is 0 Å². The Kier molecular flexibility index (Phi) is 8.44. The fourth-order valence-corrected chi connectivity index (χ4v) is 2.39. The molecule has 24 heavy (non-hydrogen) atoms. The van der Waals surface area contributed by atoms with E-state index in [2.05, 4.69) is 0 Å². The van der Waals surface area contributed by atoms with Crippen LogP contribution >= 0.6 is 0 Å². The molecule has 0 saturated heterocycles. The molecule has 0 saturated carbocycles. The molecule has 0 aliphatic rings. The van der Waals surface area contributed by atoms with Gasteiger partial charge in [0.1, 0.15) is 12.5 Å². The minimum atomic E-state index is -0.768. The predicted molar refractivity (Wildman–Crippen MR) is 92.3 cm³/mol. The van der Waals surface area contributed by atoms with Gasteiger partial charge in [-0.3, -0.25) is 9.59 Å². The third-order valence-corrected chi connectivity index (χ3v) is 4.03. The molecule has 0 aromatic carbocycles. The van der Waals surface area contributed by atoms with Crippen LogP contribution in [0.25, 0.3) is 0 Å². The van der Waals surface area contributed by atoms with E-state index in [4.69, 9.17) is 9.47 Å². The summed E-state index contributed by atoms with van der Waals surface area (Å²) in [6.45, 7) is 14.0. The molecule has 0 aliphatic carbocycles. The van der Waals surface area contributed by atoms with Gasteiger partial charge in [0.05, 0.1) is 13.7 Å². The SMILES string of the molecule is CCOC(=O)CC(=O)N(CC(C)(C)CC)C(C(=O)OC)C(C)(C)C. The third-order valence-electron chi connectivity index (χ3n) is 4.03. The fourth-order valence-electron chi connectivity index (χ4n) is 2.39. The number of hydrogen-bond donors (Lipinski definition) is 0. The number of carbonyl (C=O) groups is 3. The van der Waals surface area contributed by atoms with E-state index < -0.39 is 29.3 Å². The average Bonchev–Trinajstić information content (AvgIpc) is 2.44. The summed E-state index contributed by atoms with van der Waals surface area (Å²) in [5.74, 6) is -1.48. The van der Waals surface area contributed by atoms with Gasteiger partial charge < -0.3 is 14.4 Å². The predicted octanol–water partition coefficient (Wildman–Crippen LogP) is 2.79. The van der Waals surface area contributed by atoms with Gasteiger partial charge in [0.25, 0.3) is 0 Å². The van der Waals surface area contributed by atoms with Gasteiger partial charge >= 0.3 is 11.9 Å². The summed E-state index contributed by atoms with van der Waals surface area (Å²) in [5.41, 5.74) is -0.719. The molecule has 6 nitrogen and oxygen atoms in total.